The number of hydrogen-bond acceptors (Lipinski definition) is 1. The maximum atomic E-state index is 5.89. The monoisotopic (exact) mass is 223 g/mol. The summed E-state index contributed by atoms with van der Waals surface area (Å²) in [5.74, 6) is 0. The van der Waals surface area contributed by atoms with Crippen molar-refractivity contribution in [1.82, 2.24) is 0 Å². The van der Waals surface area contributed by atoms with Crippen LogP contribution in [0.25, 0.3) is 0 Å². The zero-order valence-corrected chi connectivity index (χ0v) is 8.98. The van der Waals surface area contributed by atoms with Gasteiger partial charge in [0, 0.05) is 0 Å². The van der Waals surface area contributed by atoms with Gasteiger partial charge in [-0.15, -0.1) is 0 Å². The quantitative estimate of drug-likeness (QED) is 0.526. The van der Waals surface area contributed by atoms with E-state index in [9.17, 15) is 0 Å². The third-order valence-electron chi connectivity index (χ3n) is 1.92. The molecule has 0 spiro atoms. The van der Waals surface area contributed by atoms with Crippen molar-refractivity contribution in [2.45, 2.75) is 13.8 Å². The minimum Gasteiger partial charge on any atom is -0.397 e. The Hall–Kier alpha value is -0.110. The molecule has 0 radical (unpaired) electrons. The van der Waals surface area contributed by atoms with Crippen LogP contribution in [0.1, 0.15) is 11.1 Å². The van der Waals surface area contributed by atoms with E-state index in [4.69, 9.17) is 40.5 Å². The van der Waals surface area contributed by atoms with Crippen molar-refractivity contribution in [3.05, 3.63) is 26.2 Å². The van der Waals surface area contributed by atoms with Crippen molar-refractivity contribution in [2.24, 2.45) is 0 Å². The van der Waals surface area contributed by atoms with Crippen molar-refractivity contribution in [3.63, 3.8) is 0 Å². The summed E-state index contributed by atoms with van der Waals surface area (Å²) in [6, 6.07) is 0. The van der Waals surface area contributed by atoms with Crippen LogP contribution in [0.2, 0.25) is 15.1 Å². The molecule has 2 N–H and O–H groups in total. The predicted molar refractivity (Wildman–Crippen MR) is 55.4 cm³/mol. The summed E-state index contributed by atoms with van der Waals surface area (Å²) in [7, 11) is 0. The molecule has 0 heterocycles. The Bertz CT molecular complexity index is 229. The highest BCUT2D eigenvalue weighted by Gasteiger charge is 2.13. The van der Waals surface area contributed by atoms with Crippen LogP contribution >= 0.6 is 34.8 Å². The lowest BCUT2D eigenvalue weighted by Gasteiger charge is -2.10. The summed E-state index contributed by atoms with van der Waals surface area (Å²) in [6.07, 6.45) is 0. The van der Waals surface area contributed by atoms with Crippen molar-refractivity contribution in [1.29, 1.82) is 0 Å². The van der Waals surface area contributed by atoms with Crippen molar-refractivity contribution in [3.8, 4) is 0 Å². The lowest BCUT2D eigenvalue weighted by Crippen LogP contribution is -1.95. The van der Waals surface area contributed by atoms with Gasteiger partial charge in [0.15, 0.2) is 0 Å². The minimum absolute atomic E-state index is 0.332. The highest BCUT2D eigenvalue weighted by molar-refractivity contribution is 6.49. The molecule has 0 aromatic heterocycles. The van der Waals surface area contributed by atoms with Crippen molar-refractivity contribution in [2.75, 3.05) is 5.73 Å². The molecule has 0 saturated heterocycles. The molecule has 1 aromatic carbocycles. The molecule has 0 fully saturated rings. The molecule has 1 rings (SSSR count). The molecule has 0 atom stereocenters. The number of benzene rings is 1. The Morgan fingerprint density at radius 2 is 1.33 bits per heavy atom. The second kappa shape index (κ2) is 3.33. The van der Waals surface area contributed by atoms with Crippen LogP contribution in [0.4, 0.5) is 5.69 Å². The van der Waals surface area contributed by atoms with Gasteiger partial charge < -0.3 is 5.73 Å². The Kier molecular flexibility index (Phi) is 2.77. The van der Waals surface area contributed by atoms with E-state index in [1.165, 1.54) is 0 Å². The number of halogens is 3. The van der Waals surface area contributed by atoms with E-state index in [-0.39, 0.29) is 0 Å². The molecule has 1 nitrogen and oxygen atoms in total. The molecule has 12 heavy (non-hydrogen) atoms. The Labute approximate surface area is 86.4 Å². The van der Waals surface area contributed by atoms with Gasteiger partial charge >= 0.3 is 0 Å². The number of hydrogen-bond donors (Lipinski definition) is 1. The second-order valence-electron chi connectivity index (χ2n) is 2.61. The van der Waals surface area contributed by atoms with Gasteiger partial charge in [0.05, 0.1) is 20.8 Å². The second-order valence-corrected chi connectivity index (χ2v) is 3.74. The molecule has 0 aliphatic heterocycles. The molecule has 4 heteroatoms. The standard InChI is InChI=1S/C8H8Cl3N/c1-3-4(2)8(12)7(11)6(10)5(3)9/h12H2,1-2H3. The van der Waals surface area contributed by atoms with E-state index in [1.807, 2.05) is 13.8 Å². The van der Waals surface area contributed by atoms with E-state index in [0.717, 1.165) is 11.1 Å². The smallest absolute Gasteiger partial charge is 0.0839 e. The highest BCUT2D eigenvalue weighted by Crippen LogP contribution is 2.39. The summed E-state index contributed by atoms with van der Waals surface area (Å²) in [5.41, 5.74) is 7.94. The van der Waals surface area contributed by atoms with Crippen molar-refractivity contribution >= 4 is 40.5 Å². The first kappa shape index (κ1) is 9.97. The first-order valence-corrected chi connectivity index (χ1v) is 4.49. The molecule has 0 bridgehead atoms. The molecule has 1 aromatic rings. The topological polar surface area (TPSA) is 26.0 Å². The average molecular weight is 225 g/mol. The molecule has 0 aliphatic carbocycles. The fourth-order valence-electron chi connectivity index (χ4n) is 0.910. The van der Waals surface area contributed by atoms with E-state index >= 15 is 0 Å². The maximum absolute atomic E-state index is 5.89. The van der Waals surface area contributed by atoms with Gasteiger partial charge in [0.2, 0.25) is 0 Å². The van der Waals surface area contributed by atoms with Gasteiger partial charge in [-0.05, 0) is 25.0 Å². The van der Waals surface area contributed by atoms with Crippen LogP contribution in [0, 0.1) is 13.8 Å². The number of rotatable bonds is 0. The predicted octanol–water partition coefficient (Wildman–Crippen LogP) is 3.85. The number of nitrogen functional groups attached to an aromatic ring is 1. The third-order valence-corrected chi connectivity index (χ3v) is 3.35. The first-order valence-electron chi connectivity index (χ1n) is 3.36. The summed E-state index contributed by atoms with van der Waals surface area (Å²) in [6.45, 7) is 3.72. The van der Waals surface area contributed by atoms with Crippen LogP contribution in [0.3, 0.4) is 0 Å². The van der Waals surface area contributed by atoms with Gasteiger partial charge in [-0.25, -0.2) is 0 Å². The molecular formula is C8H8Cl3N. The Morgan fingerprint density at radius 3 is 1.83 bits per heavy atom. The summed E-state index contributed by atoms with van der Waals surface area (Å²) < 4.78 is 0. The van der Waals surface area contributed by atoms with Gasteiger partial charge in [0.1, 0.15) is 0 Å². The highest BCUT2D eigenvalue weighted by atomic mass is 35.5. The van der Waals surface area contributed by atoms with Gasteiger partial charge in [-0.1, -0.05) is 34.8 Å². The molecule has 0 saturated carbocycles. The van der Waals surface area contributed by atoms with Crippen LogP contribution in [0.15, 0.2) is 0 Å². The molecule has 0 unspecified atom stereocenters. The van der Waals surface area contributed by atoms with E-state index in [2.05, 4.69) is 0 Å². The Morgan fingerprint density at radius 1 is 0.833 bits per heavy atom. The van der Waals surface area contributed by atoms with Crippen LogP contribution in [-0.4, -0.2) is 0 Å². The molecule has 0 amide bonds. The molecule has 66 valence electrons. The fraction of sp³-hybridized carbons (Fsp3) is 0.250. The van der Waals surface area contributed by atoms with Gasteiger partial charge in [-0.2, -0.15) is 0 Å². The summed E-state index contributed by atoms with van der Waals surface area (Å²) in [4.78, 5) is 0. The minimum atomic E-state index is 0.332. The third kappa shape index (κ3) is 1.37. The van der Waals surface area contributed by atoms with Crippen LogP contribution < -0.4 is 5.73 Å². The maximum Gasteiger partial charge on any atom is 0.0839 e. The largest absolute Gasteiger partial charge is 0.397 e. The molecule has 0 aliphatic rings. The van der Waals surface area contributed by atoms with Gasteiger partial charge in [-0.3, -0.25) is 0 Å². The zero-order chi connectivity index (χ0) is 9.46. The summed E-state index contributed by atoms with van der Waals surface area (Å²) >= 11 is 17.5. The number of anilines is 1. The van der Waals surface area contributed by atoms with Gasteiger partial charge in [0.25, 0.3) is 0 Å². The van der Waals surface area contributed by atoms with E-state index in [1.54, 1.807) is 0 Å². The zero-order valence-electron chi connectivity index (χ0n) is 6.71. The van der Waals surface area contributed by atoms with Crippen molar-refractivity contribution < 1.29 is 0 Å². The Balaban J connectivity index is 3.60. The normalized spacial score (nSPS) is 10.4. The van der Waals surface area contributed by atoms with E-state index in [0.29, 0.717) is 20.8 Å². The average Bonchev–Trinajstić information content (AvgIpc) is 2.08. The first-order chi connectivity index (χ1) is 5.46. The molecular weight excluding hydrogens is 216 g/mol. The van der Waals surface area contributed by atoms with Crippen LogP contribution in [0.5, 0.6) is 0 Å². The fourth-order valence-corrected chi connectivity index (χ4v) is 1.67. The number of nitrogens with two attached hydrogens (primary N) is 1. The summed E-state index contributed by atoms with van der Waals surface area (Å²) in [5, 5.41) is 1.15. The SMILES string of the molecule is Cc1c(C)c(Cl)c(Cl)c(Cl)c1N. The van der Waals surface area contributed by atoms with E-state index < -0.39 is 0 Å². The lowest BCUT2D eigenvalue weighted by molar-refractivity contribution is 1.34. The van der Waals surface area contributed by atoms with Crippen LogP contribution in [-0.2, 0) is 0 Å². The lowest BCUT2D eigenvalue weighted by atomic mass is 10.1.